The first-order valence-electron chi connectivity index (χ1n) is 11.4. The molecule has 8 nitrogen and oxygen atoms in total. The van der Waals surface area contributed by atoms with Gasteiger partial charge in [0, 0.05) is 16.3 Å². The summed E-state index contributed by atoms with van der Waals surface area (Å²) in [6.07, 6.45) is 0. The fraction of sp³-hybridized carbons (Fsp3) is 0.111. The van der Waals surface area contributed by atoms with Crippen LogP contribution in [0.15, 0.2) is 94.6 Å². The van der Waals surface area contributed by atoms with Crippen LogP contribution >= 0.6 is 23.4 Å². The van der Waals surface area contributed by atoms with E-state index in [4.69, 9.17) is 25.9 Å². The zero-order chi connectivity index (χ0) is 25.6. The maximum atomic E-state index is 12.3. The van der Waals surface area contributed by atoms with E-state index < -0.39 is 0 Å². The van der Waals surface area contributed by atoms with Gasteiger partial charge in [0.25, 0.3) is 11.1 Å². The highest BCUT2D eigenvalue weighted by molar-refractivity contribution is 7.99. The van der Waals surface area contributed by atoms with Crippen molar-refractivity contribution in [3.8, 4) is 28.6 Å². The number of halogens is 1. The Morgan fingerprint density at radius 3 is 2.59 bits per heavy atom. The molecule has 0 spiro atoms. The molecule has 0 saturated carbocycles. The summed E-state index contributed by atoms with van der Waals surface area (Å²) in [5, 5.41) is 16.8. The lowest BCUT2D eigenvalue weighted by molar-refractivity contribution is -0.113. The summed E-state index contributed by atoms with van der Waals surface area (Å²) in [5.74, 6) is 0.989. The van der Waals surface area contributed by atoms with Gasteiger partial charge in [-0.15, -0.1) is 10.2 Å². The molecular weight excluding hydrogens is 510 g/mol. The van der Waals surface area contributed by atoms with Gasteiger partial charge < -0.3 is 14.5 Å². The summed E-state index contributed by atoms with van der Waals surface area (Å²) < 4.78 is 13.0. The number of thioether (sulfide) groups is 1. The molecule has 37 heavy (non-hydrogen) atoms. The summed E-state index contributed by atoms with van der Waals surface area (Å²) >= 11 is 7.13. The number of hydrogen-bond donors (Lipinski definition) is 1. The Morgan fingerprint density at radius 1 is 1.03 bits per heavy atom. The topological polar surface area (TPSA) is 95.1 Å². The molecule has 3 aromatic carbocycles. The van der Waals surface area contributed by atoms with Crippen molar-refractivity contribution in [2.75, 3.05) is 18.2 Å². The third-order valence-electron chi connectivity index (χ3n) is 5.40. The molecule has 5 aromatic rings. The number of methoxy groups -OCH3 is 1. The number of hydrogen-bond acceptors (Lipinski definition) is 7. The van der Waals surface area contributed by atoms with Crippen molar-refractivity contribution >= 4 is 35.0 Å². The normalized spacial score (nSPS) is 10.9. The molecule has 1 amide bonds. The summed E-state index contributed by atoms with van der Waals surface area (Å²) in [5.41, 5.74) is 4.08. The van der Waals surface area contributed by atoms with Crippen LogP contribution in [0.1, 0.15) is 5.56 Å². The second-order valence-corrected chi connectivity index (χ2v) is 9.37. The molecule has 0 atom stereocenters. The number of carbonyl (C=O) groups excluding carboxylic acids is 1. The molecule has 0 unspecified atom stereocenters. The number of amides is 1. The van der Waals surface area contributed by atoms with Gasteiger partial charge in [-0.25, -0.2) is 0 Å². The molecule has 0 aliphatic carbocycles. The summed E-state index contributed by atoms with van der Waals surface area (Å²) in [6, 6.07) is 26.6. The highest BCUT2D eigenvalue weighted by atomic mass is 35.5. The molecule has 0 radical (unpaired) electrons. The minimum absolute atomic E-state index is 0.106. The van der Waals surface area contributed by atoms with Crippen LogP contribution in [0.2, 0.25) is 5.02 Å². The number of benzene rings is 3. The number of anilines is 1. The average molecular weight is 532 g/mol. The molecular formula is C27H22ClN5O3S. The lowest BCUT2D eigenvalue weighted by atomic mass is 10.1. The Balaban J connectivity index is 1.35. The van der Waals surface area contributed by atoms with Gasteiger partial charge in [0.05, 0.1) is 25.1 Å². The van der Waals surface area contributed by atoms with E-state index in [1.807, 2.05) is 65.3 Å². The Kier molecular flexibility index (Phi) is 7.53. The molecule has 0 aliphatic rings. The molecule has 0 aliphatic heterocycles. The van der Waals surface area contributed by atoms with Crippen molar-refractivity contribution < 1.29 is 13.9 Å². The van der Waals surface area contributed by atoms with E-state index in [-0.39, 0.29) is 16.9 Å². The smallest absolute Gasteiger partial charge is 0.277 e. The second kappa shape index (κ2) is 11.3. The van der Waals surface area contributed by atoms with E-state index in [0.29, 0.717) is 28.8 Å². The minimum Gasteiger partial charge on any atom is -0.497 e. The predicted octanol–water partition coefficient (Wildman–Crippen LogP) is 6.04. The third kappa shape index (κ3) is 6.19. The number of rotatable bonds is 9. The zero-order valence-corrected chi connectivity index (χ0v) is 21.4. The summed E-state index contributed by atoms with van der Waals surface area (Å²) in [7, 11) is 1.63. The Hall–Kier alpha value is -4.08. The van der Waals surface area contributed by atoms with Crippen LogP contribution in [0.25, 0.3) is 22.8 Å². The van der Waals surface area contributed by atoms with E-state index in [1.54, 1.807) is 31.4 Å². The standard InChI is InChI=1S/C27H22ClN5O3S/c1-35-22-12-10-19(11-13-22)23-15-24(33(32-23)16-18-6-3-2-4-7-18)26-30-31-27(36-26)37-17-25(34)29-21-9-5-8-20(28)14-21/h2-15H,16-17H2,1H3,(H,29,34). The van der Waals surface area contributed by atoms with Gasteiger partial charge in [-0.05, 0) is 54.1 Å². The van der Waals surface area contributed by atoms with Gasteiger partial charge in [0.1, 0.15) is 11.4 Å². The van der Waals surface area contributed by atoms with Gasteiger partial charge >= 0.3 is 0 Å². The largest absolute Gasteiger partial charge is 0.497 e. The van der Waals surface area contributed by atoms with Gasteiger partial charge in [-0.3, -0.25) is 9.48 Å². The van der Waals surface area contributed by atoms with Crippen LogP contribution in [0.3, 0.4) is 0 Å². The first-order chi connectivity index (χ1) is 18.1. The van der Waals surface area contributed by atoms with Crippen LogP contribution in [0, 0.1) is 0 Å². The van der Waals surface area contributed by atoms with Crippen molar-refractivity contribution in [2.24, 2.45) is 0 Å². The SMILES string of the molecule is COc1ccc(-c2cc(-c3nnc(SCC(=O)Nc4cccc(Cl)c4)o3)n(Cc3ccccc3)n2)cc1. The van der Waals surface area contributed by atoms with Crippen LogP contribution < -0.4 is 10.1 Å². The van der Waals surface area contributed by atoms with Crippen molar-refractivity contribution in [1.29, 1.82) is 0 Å². The molecule has 2 heterocycles. The number of nitrogens with zero attached hydrogens (tertiary/aromatic N) is 4. The van der Waals surface area contributed by atoms with Crippen LogP contribution in [0.5, 0.6) is 5.75 Å². The molecule has 0 bridgehead atoms. The Labute approximate surface area is 222 Å². The van der Waals surface area contributed by atoms with Crippen LogP contribution in [-0.4, -0.2) is 38.7 Å². The second-order valence-electron chi connectivity index (χ2n) is 8.01. The van der Waals surface area contributed by atoms with Gasteiger partial charge in [0.2, 0.25) is 5.91 Å². The van der Waals surface area contributed by atoms with Crippen molar-refractivity contribution in [1.82, 2.24) is 20.0 Å². The average Bonchev–Trinajstić information content (AvgIpc) is 3.55. The van der Waals surface area contributed by atoms with E-state index in [0.717, 1.165) is 34.3 Å². The molecule has 5 rings (SSSR count). The van der Waals surface area contributed by atoms with E-state index in [9.17, 15) is 4.79 Å². The number of aromatic nitrogens is 4. The van der Waals surface area contributed by atoms with Crippen LogP contribution in [-0.2, 0) is 11.3 Å². The number of ether oxygens (including phenoxy) is 1. The molecule has 2 aromatic heterocycles. The molecule has 0 saturated heterocycles. The van der Waals surface area contributed by atoms with Crippen molar-refractivity contribution in [3.05, 3.63) is 95.5 Å². The maximum Gasteiger partial charge on any atom is 0.277 e. The fourth-order valence-electron chi connectivity index (χ4n) is 3.63. The lowest BCUT2D eigenvalue weighted by Crippen LogP contribution is -2.13. The van der Waals surface area contributed by atoms with Crippen LogP contribution in [0.4, 0.5) is 5.69 Å². The predicted molar refractivity (Wildman–Crippen MR) is 144 cm³/mol. The van der Waals surface area contributed by atoms with E-state index in [1.165, 1.54) is 0 Å². The van der Waals surface area contributed by atoms with Crippen molar-refractivity contribution in [2.45, 2.75) is 11.8 Å². The lowest BCUT2D eigenvalue weighted by Gasteiger charge is -2.05. The Morgan fingerprint density at radius 2 is 1.84 bits per heavy atom. The highest BCUT2D eigenvalue weighted by Gasteiger charge is 2.18. The number of carbonyl (C=O) groups is 1. The first-order valence-corrected chi connectivity index (χ1v) is 12.7. The minimum atomic E-state index is -0.206. The fourth-order valence-corrected chi connectivity index (χ4v) is 4.38. The van der Waals surface area contributed by atoms with Gasteiger partial charge in [-0.1, -0.05) is 59.8 Å². The van der Waals surface area contributed by atoms with Gasteiger partial charge in [0.15, 0.2) is 0 Å². The van der Waals surface area contributed by atoms with Crippen molar-refractivity contribution in [3.63, 3.8) is 0 Å². The monoisotopic (exact) mass is 531 g/mol. The number of nitrogens with one attached hydrogen (secondary N) is 1. The highest BCUT2D eigenvalue weighted by Crippen LogP contribution is 2.29. The maximum absolute atomic E-state index is 12.3. The van der Waals surface area contributed by atoms with E-state index in [2.05, 4.69) is 15.5 Å². The molecule has 186 valence electrons. The molecule has 10 heteroatoms. The zero-order valence-electron chi connectivity index (χ0n) is 19.8. The Bertz CT molecular complexity index is 1500. The van der Waals surface area contributed by atoms with E-state index >= 15 is 0 Å². The summed E-state index contributed by atoms with van der Waals surface area (Å²) in [6.45, 7) is 0.527. The molecule has 0 fully saturated rings. The van der Waals surface area contributed by atoms with Gasteiger partial charge in [-0.2, -0.15) is 5.10 Å². The molecule has 1 N–H and O–H groups in total. The summed E-state index contributed by atoms with van der Waals surface area (Å²) in [4.78, 5) is 12.3. The third-order valence-corrected chi connectivity index (χ3v) is 6.46. The first kappa shape index (κ1) is 24.6. The quantitative estimate of drug-likeness (QED) is 0.232.